The van der Waals surface area contributed by atoms with E-state index in [0.29, 0.717) is 29.3 Å². The van der Waals surface area contributed by atoms with Crippen LogP contribution in [0, 0.1) is 5.92 Å². The van der Waals surface area contributed by atoms with Crippen LogP contribution in [-0.2, 0) is 14.4 Å². The van der Waals surface area contributed by atoms with E-state index in [1.54, 1.807) is 36.4 Å². The van der Waals surface area contributed by atoms with Crippen molar-refractivity contribution in [1.82, 2.24) is 10.6 Å². The van der Waals surface area contributed by atoms with Crippen LogP contribution < -0.4 is 16.0 Å². The number of piperidine rings is 1. The Bertz CT molecular complexity index is 828. The van der Waals surface area contributed by atoms with Gasteiger partial charge in [0.1, 0.15) is 5.75 Å². The van der Waals surface area contributed by atoms with Gasteiger partial charge < -0.3 is 15.7 Å². The van der Waals surface area contributed by atoms with Crippen LogP contribution in [0.1, 0.15) is 12.8 Å². The number of amides is 3. The lowest BCUT2D eigenvalue weighted by atomic mass is 9.97. The van der Waals surface area contributed by atoms with Gasteiger partial charge in [-0.15, -0.1) is 0 Å². The number of phenols is 1. The fraction of sp³-hybridized carbons (Fsp3) is 0.278. The molecule has 7 heteroatoms. The largest absolute Gasteiger partial charge is 0.507 e. The number of rotatable bonds is 2. The predicted octanol–water partition coefficient (Wildman–Crippen LogP) is 1.13. The first-order valence-corrected chi connectivity index (χ1v) is 8.14. The molecule has 7 nitrogen and oxygen atoms in total. The number of phenolic OH excluding ortho intramolecular Hbond substituents is 1. The van der Waals surface area contributed by atoms with E-state index in [1.165, 1.54) is 0 Å². The van der Waals surface area contributed by atoms with E-state index in [1.807, 2.05) is 0 Å². The van der Waals surface area contributed by atoms with Gasteiger partial charge in [-0.1, -0.05) is 24.3 Å². The van der Waals surface area contributed by atoms with E-state index in [0.717, 1.165) is 13.1 Å². The highest BCUT2D eigenvalue weighted by atomic mass is 16.3. The van der Waals surface area contributed by atoms with Gasteiger partial charge in [-0.2, -0.15) is 0 Å². The molecule has 0 aromatic heterocycles. The van der Waals surface area contributed by atoms with E-state index >= 15 is 0 Å². The minimum Gasteiger partial charge on any atom is -0.507 e. The van der Waals surface area contributed by atoms with Crippen molar-refractivity contribution >= 4 is 34.2 Å². The molecule has 0 saturated carbocycles. The summed E-state index contributed by atoms with van der Waals surface area (Å²) in [6, 6.07) is 9.91. The normalized spacial score (nSPS) is 14.9. The summed E-state index contributed by atoms with van der Waals surface area (Å²) in [6.07, 6.45) is 1.28. The van der Waals surface area contributed by atoms with Gasteiger partial charge in [0.15, 0.2) is 0 Å². The molecule has 1 aliphatic heterocycles. The van der Waals surface area contributed by atoms with E-state index in [9.17, 15) is 19.5 Å². The molecule has 0 radical (unpaired) electrons. The molecular weight excluding hydrogens is 322 g/mol. The smallest absolute Gasteiger partial charge is 0.316 e. The Hall–Kier alpha value is -2.93. The first kappa shape index (κ1) is 16.9. The molecule has 25 heavy (non-hydrogen) atoms. The minimum absolute atomic E-state index is 0.0825. The fourth-order valence-electron chi connectivity index (χ4n) is 2.94. The lowest BCUT2D eigenvalue weighted by Crippen LogP contribution is -2.44. The first-order valence-electron chi connectivity index (χ1n) is 8.14. The van der Waals surface area contributed by atoms with Crippen molar-refractivity contribution in [3.8, 4) is 5.75 Å². The number of carbonyl (C=O) groups excluding carboxylic acids is 3. The topological polar surface area (TPSA) is 108 Å². The van der Waals surface area contributed by atoms with Crippen molar-refractivity contribution in [2.45, 2.75) is 12.8 Å². The summed E-state index contributed by atoms with van der Waals surface area (Å²) in [5.41, 5.74) is 0.392. The molecule has 1 fully saturated rings. The van der Waals surface area contributed by atoms with Gasteiger partial charge in [0.2, 0.25) is 5.91 Å². The molecule has 130 valence electrons. The van der Waals surface area contributed by atoms with Gasteiger partial charge in [-0.3, -0.25) is 19.7 Å². The highest BCUT2D eigenvalue weighted by molar-refractivity contribution is 6.42. The number of benzene rings is 2. The monoisotopic (exact) mass is 341 g/mol. The number of imide groups is 1. The molecule has 3 amide bonds. The SMILES string of the molecule is O=C(NC(=O)C1CCNCC1)C(=O)Nc1cccc2c(O)cccc12. The van der Waals surface area contributed by atoms with Crippen molar-refractivity contribution < 1.29 is 19.5 Å². The third kappa shape index (κ3) is 3.77. The highest BCUT2D eigenvalue weighted by Gasteiger charge is 2.25. The number of anilines is 1. The summed E-state index contributed by atoms with van der Waals surface area (Å²) in [7, 11) is 0. The van der Waals surface area contributed by atoms with Crippen molar-refractivity contribution in [3.05, 3.63) is 36.4 Å². The van der Waals surface area contributed by atoms with Crippen LogP contribution >= 0.6 is 0 Å². The Morgan fingerprint density at radius 1 is 0.960 bits per heavy atom. The minimum atomic E-state index is -0.985. The Labute approximate surface area is 144 Å². The molecular formula is C18H19N3O4. The van der Waals surface area contributed by atoms with Crippen LogP contribution in [0.15, 0.2) is 36.4 Å². The van der Waals surface area contributed by atoms with E-state index in [2.05, 4.69) is 16.0 Å². The van der Waals surface area contributed by atoms with Crippen LogP contribution in [0.2, 0.25) is 0 Å². The number of fused-ring (bicyclic) bond motifs is 1. The van der Waals surface area contributed by atoms with Crippen LogP contribution in [0.5, 0.6) is 5.75 Å². The Morgan fingerprint density at radius 3 is 2.40 bits per heavy atom. The van der Waals surface area contributed by atoms with Crippen molar-refractivity contribution in [1.29, 1.82) is 0 Å². The zero-order chi connectivity index (χ0) is 17.8. The van der Waals surface area contributed by atoms with Gasteiger partial charge in [0.25, 0.3) is 0 Å². The molecule has 4 N–H and O–H groups in total. The molecule has 0 bridgehead atoms. The maximum absolute atomic E-state index is 12.1. The van der Waals surface area contributed by atoms with E-state index < -0.39 is 17.7 Å². The second-order valence-electron chi connectivity index (χ2n) is 5.97. The lowest BCUT2D eigenvalue weighted by Gasteiger charge is -2.21. The summed E-state index contributed by atoms with van der Waals surface area (Å²) < 4.78 is 0. The Kier molecular flexibility index (Phi) is 4.95. The predicted molar refractivity (Wildman–Crippen MR) is 93.0 cm³/mol. The van der Waals surface area contributed by atoms with Crippen molar-refractivity contribution in [2.24, 2.45) is 5.92 Å². The first-order chi connectivity index (χ1) is 12.1. The summed E-state index contributed by atoms with van der Waals surface area (Å²) in [5, 5.41) is 18.8. The summed E-state index contributed by atoms with van der Waals surface area (Å²) in [5.74, 6) is -2.50. The molecule has 0 spiro atoms. The zero-order valence-electron chi connectivity index (χ0n) is 13.5. The summed E-state index contributed by atoms with van der Waals surface area (Å²) in [6.45, 7) is 1.44. The molecule has 1 aliphatic rings. The molecule has 1 heterocycles. The molecule has 3 rings (SSSR count). The molecule has 0 aliphatic carbocycles. The van der Waals surface area contributed by atoms with Gasteiger partial charge in [-0.05, 0) is 38.1 Å². The molecule has 0 atom stereocenters. The number of carbonyl (C=O) groups is 3. The Morgan fingerprint density at radius 2 is 1.64 bits per heavy atom. The van der Waals surface area contributed by atoms with Crippen molar-refractivity contribution in [3.63, 3.8) is 0 Å². The van der Waals surface area contributed by atoms with E-state index in [-0.39, 0.29) is 11.7 Å². The van der Waals surface area contributed by atoms with Crippen LogP contribution in [-0.4, -0.2) is 35.9 Å². The molecule has 1 saturated heterocycles. The number of hydrogen-bond acceptors (Lipinski definition) is 5. The van der Waals surface area contributed by atoms with Gasteiger partial charge in [0.05, 0.1) is 0 Å². The quantitative estimate of drug-likeness (QED) is 0.613. The summed E-state index contributed by atoms with van der Waals surface area (Å²) >= 11 is 0. The number of aromatic hydroxyl groups is 1. The standard InChI is InChI=1S/C18H19N3O4/c22-15-6-2-3-12-13(15)4-1-5-14(12)20-17(24)18(25)21-16(23)11-7-9-19-10-8-11/h1-6,11,19,22H,7-10H2,(H,20,24)(H,21,23,25). The number of hydrogen-bond donors (Lipinski definition) is 4. The molecule has 2 aromatic rings. The third-order valence-electron chi connectivity index (χ3n) is 4.30. The van der Waals surface area contributed by atoms with E-state index in [4.69, 9.17) is 0 Å². The zero-order valence-corrected chi connectivity index (χ0v) is 13.5. The average molecular weight is 341 g/mol. The van der Waals surface area contributed by atoms with Crippen LogP contribution in [0.3, 0.4) is 0 Å². The maximum Gasteiger partial charge on any atom is 0.316 e. The molecule has 2 aromatic carbocycles. The average Bonchev–Trinajstić information content (AvgIpc) is 2.63. The maximum atomic E-state index is 12.1. The van der Waals surface area contributed by atoms with Crippen LogP contribution in [0.25, 0.3) is 10.8 Å². The second-order valence-corrected chi connectivity index (χ2v) is 5.97. The van der Waals surface area contributed by atoms with Gasteiger partial charge in [-0.25, -0.2) is 0 Å². The third-order valence-corrected chi connectivity index (χ3v) is 4.30. The van der Waals surface area contributed by atoms with Gasteiger partial charge >= 0.3 is 11.8 Å². The molecule has 0 unspecified atom stereocenters. The summed E-state index contributed by atoms with van der Waals surface area (Å²) in [4.78, 5) is 36.2. The lowest BCUT2D eigenvalue weighted by molar-refractivity contribution is -0.141. The van der Waals surface area contributed by atoms with Crippen LogP contribution in [0.4, 0.5) is 5.69 Å². The van der Waals surface area contributed by atoms with Gasteiger partial charge in [0, 0.05) is 22.4 Å². The fourth-order valence-corrected chi connectivity index (χ4v) is 2.94. The highest BCUT2D eigenvalue weighted by Crippen LogP contribution is 2.29. The number of nitrogens with one attached hydrogen (secondary N) is 3. The second kappa shape index (κ2) is 7.31. The van der Waals surface area contributed by atoms with Crippen molar-refractivity contribution in [2.75, 3.05) is 18.4 Å². The Balaban J connectivity index is 1.68.